The number of hydrogen-bond acceptors (Lipinski definition) is 8. The number of carbonyl (C=O) groups excluding carboxylic acids is 3. The first-order valence-electron chi connectivity index (χ1n) is 15.2. The molecule has 9 heteroatoms. The molecule has 0 bridgehead atoms. The number of pyridine rings is 1. The number of esters is 1. The second-order valence-electron chi connectivity index (χ2n) is 11.3. The van der Waals surface area contributed by atoms with Gasteiger partial charge in [0.15, 0.2) is 47.3 Å². The third-order valence-corrected chi connectivity index (χ3v) is 8.80. The average Bonchev–Trinajstić information content (AvgIpc) is 3.05. The van der Waals surface area contributed by atoms with Gasteiger partial charge >= 0.3 is 5.97 Å². The topological polar surface area (TPSA) is 101 Å². The summed E-state index contributed by atoms with van der Waals surface area (Å²) >= 11 is 0. The van der Waals surface area contributed by atoms with Crippen LogP contribution in [0.3, 0.4) is 0 Å². The largest absolute Gasteiger partial charge is 0.493 e. The Labute approximate surface area is 263 Å². The van der Waals surface area contributed by atoms with Gasteiger partial charge in [-0.15, -0.1) is 0 Å². The van der Waals surface area contributed by atoms with Gasteiger partial charge in [-0.2, -0.15) is 4.57 Å². The Morgan fingerprint density at radius 2 is 1.58 bits per heavy atom. The Morgan fingerprint density at radius 3 is 2.29 bits per heavy atom. The summed E-state index contributed by atoms with van der Waals surface area (Å²) in [7, 11) is 6.45. The summed E-state index contributed by atoms with van der Waals surface area (Å²) in [4.78, 5) is 38.0. The van der Waals surface area contributed by atoms with E-state index in [1.54, 1.807) is 42.3 Å². The number of hydrogen-bond donors (Lipinski definition) is 0. The van der Waals surface area contributed by atoms with Crippen LogP contribution in [-0.4, -0.2) is 52.6 Å². The van der Waals surface area contributed by atoms with Gasteiger partial charge in [-0.3, -0.25) is 14.4 Å². The fraction of sp³-hybridized carbons (Fsp3) is 0.389. The first-order valence-corrected chi connectivity index (χ1v) is 15.2. The van der Waals surface area contributed by atoms with Crippen LogP contribution in [0.5, 0.6) is 23.0 Å². The number of Topliss-reactive ketones (excluding diaryl/α,β-unsaturated/α-hetero) is 1. The van der Waals surface area contributed by atoms with E-state index in [1.807, 2.05) is 24.3 Å². The molecule has 3 aromatic rings. The molecule has 0 N–H and O–H groups in total. The Morgan fingerprint density at radius 1 is 0.844 bits per heavy atom. The molecule has 1 aliphatic heterocycles. The van der Waals surface area contributed by atoms with Crippen LogP contribution >= 0.6 is 0 Å². The molecule has 1 aromatic heterocycles. The third kappa shape index (κ3) is 6.16. The lowest BCUT2D eigenvalue weighted by molar-refractivity contribution is -0.686. The molecule has 0 saturated carbocycles. The average molecular weight is 615 g/mol. The lowest BCUT2D eigenvalue weighted by atomic mass is 9.89. The highest BCUT2D eigenvalue weighted by Crippen LogP contribution is 2.42. The van der Waals surface area contributed by atoms with Gasteiger partial charge in [0.05, 0.1) is 52.4 Å². The molecule has 9 nitrogen and oxygen atoms in total. The van der Waals surface area contributed by atoms with E-state index in [-0.39, 0.29) is 30.6 Å². The number of carbonyl (C=O) groups is 3. The van der Waals surface area contributed by atoms with Crippen molar-refractivity contribution < 1.29 is 42.6 Å². The number of rotatable bonds is 12. The summed E-state index contributed by atoms with van der Waals surface area (Å²) < 4.78 is 30.4. The van der Waals surface area contributed by atoms with E-state index in [4.69, 9.17) is 23.7 Å². The number of aryl methyl sites for hydroxylation is 2. The van der Waals surface area contributed by atoms with Crippen LogP contribution in [0.25, 0.3) is 22.0 Å². The van der Waals surface area contributed by atoms with Crippen molar-refractivity contribution in [3.05, 3.63) is 64.4 Å². The molecule has 45 heavy (non-hydrogen) atoms. The molecule has 236 valence electrons. The maximum atomic E-state index is 13.4. The summed E-state index contributed by atoms with van der Waals surface area (Å²) in [5.74, 6) is 2.00. The fourth-order valence-electron chi connectivity index (χ4n) is 6.21. The van der Waals surface area contributed by atoms with E-state index in [0.29, 0.717) is 59.1 Å². The number of unbranched alkanes of at least 4 members (excludes halogenated alkanes) is 2. The highest BCUT2D eigenvalue weighted by atomic mass is 16.5. The molecule has 0 atom stereocenters. The van der Waals surface area contributed by atoms with Crippen molar-refractivity contribution in [2.24, 2.45) is 0 Å². The zero-order valence-electron chi connectivity index (χ0n) is 26.8. The first-order chi connectivity index (χ1) is 21.7. The van der Waals surface area contributed by atoms with E-state index in [0.717, 1.165) is 52.4 Å². The minimum atomic E-state index is -0.334. The molecule has 0 radical (unpaired) electrons. The van der Waals surface area contributed by atoms with Crippen LogP contribution in [0.15, 0.2) is 53.3 Å². The lowest BCUT2D eigenvalue weighted by Crippen LogP contribution is -2.41. The maximum absolute atomic E-state index is 13.4. The fourth-order valence-corrected chi connectivity index (χ4v) is 6.21. The molecule has 0 saturated heterocycles. The van der Waals surface area contributed by atoms with Gasteiger partial charge in [-0.25, -0.2) is 0 Å². The summed E-state index contributed by atoms with van der Waals surface area (Å²) in [5.41, 5.74) is 5.43. The first kappa shape index (κ1) is 31.8. The van der Waals surface area contributed by atoms with Gasteiger partial charge in [0.25, 0.3) is 0 Å². The Balaban J connectivity index is 1.36. The summed E-state index contributed by atoms with van der Waals surface area (Å²) in [6.45, 7) is 4.35. The molecule has 1 aliphatic carbocycles. The molecule has 0 spiro atoms. The van der Waals surface area contributed by atoms with Gasteiger partial charge in [0, 0.05) is 34.1 Å². The predicted molar refractivity (Wildman–Crippen MR) is 169 cm³/mol. The zero-order valence-corrected chi connectivity index (χ0v) is 26.8. The lowest BCUT2D eigenvalue weighted by Gasteiger charge is -2.22. The maximum Gasteiger partial charge on any atom is 0.310 e. The second-order valence-corrected chi connectivity index (χ2v) is 11.3. The summed E-state index contributed by atoms with van der Waals surface area (Å²) in [6.07, 6.45) is 7.03. The van der Waals surface area contributed by atoms with Gasteiger partial charge in [-0.1, -0.05) is 0 Å². The molecule has 5 rings (SSSR count). The van der Waals surface area contributed by atoms with Crippen LogP contribution in [0.4, 0.5) is 0 Å². The van der Waals surface area contributed by atoms with E-state index < -0.39 is 0 Å². The number of benzene rings is 2. The molecule has 0 amide bonds. The molecule has 0 fully saturated rings. The van der Waals surface area contributed by atoms with Crippen LogP contribution in [-0.2, 0) is 38.5 Å². The SMILES string of the molecule is COc1cc2c(cc1OC)-c1c(CC(=O)OCCCCCC3=CC(=O)C(C)=C(C)C3=O)c3ccc(OC)c(OC)c3c[n+]1CC2. The van der Waals surface area contributed by atoms with Crippen LogP contribution in [0, 0.1) is 0 Å². The quantitative estimate of drug-likeness (QED) is 0.115. The number of nitrogens with zero attached hydrogens (tertiary/aromatic N) is 1. The highest BCUT2D eigenvalue weighted by Gasteiger charge is 2.32. The monoisotopic (exact) mass is 614 g/mol. The van der Waals surface area contributed by atoms with Crippen LogP contribution in [0.1, 0.15) is 50.7 Å². The predicted octanol–water partition coefficient (Wildman–Crippen LogP) is 5.45. The Hall–Kier alpha value is -4.66. The van der Waals surface area contributed by atoms with Crippen molar-refractivity contribution in [3.8, 4) is 34.3 Å². The number of allylic oxidation sites excluding steroid dienone is 4. The number of fused-ring (bicyclic) bond motifs is 4. The van der Waals surface area contributed by atoms with Crippen LogP contribution in [0.2, 0.25) is 0 Å². The number of ketones is 2. The molecule has 0 unspecified atom stereocenters. The smallest absolute Gasteiger partial charge is 0.310 e. The summed E-state index contributed by atoms with van der Waals surface area (Å²) in [5, 5.41) is 1.72. The van der Waals surface area contributed by atoms with E-state index in [9.17, 15) is 14.4 Å². The van der Waals surface area contributed by atoms with Crippen LogP contribution < -0.4 is 23.5 Å². The van der Waals surface area contributed by atoms with Gasteiger partial charge in [-0.05, 0) is 75.4 Å². The summed E-state index contributed by atoms with van der Waals surface area (Å²) in [6, 6.07) is 7.78. The molecular weight excluding hydrogens is 574 g/mol. The van der Waals surface area contributed by atoms with Crippen molar-refractivity contribution in [1.29, 1.82) is 0 Å². The molecular formula is C36H40NO8+. The number of methoxy groups -OCH3 is 4. The van der Waals surface area contributed by atoms with Crippen molar-refractivity contribution in [1.82, 2.24) is 0 Å². The van der Waals surface area contributed by atoms with Crippen molar-refractivity contribution >= 4 is 28.3 Å². The molecule has 2 heterocycles. The van der Waals surface area contributed by atoms with Crippen molar-refractivity contribution in [3.63, 3.8) is 0 Å². The third-order valence-electron chi connectivity index (χ3n) is 8.80. The van der Waals surface area contributed by atoms with Gasteiger partial charge < -0.3 is 23.7 Å². The van der Waals surface area contributed by atoms with Crippen molar-refractivity contribution in [2.75, 3.05) is 35.0 Å². The highest BCUT2D eigenvalue weighted by molar-refractivity contribution is 6.22. The van der Waals surface area contributed by atoms with E-state index in [2.05, 4.69) is 10.8 Å². The minimum Gasteiger partial charge on any atom is -0.493 e. The second kappa shape index (κ2) is 13.5. The molecule has 2 aromatic carbocycles. The Kier molecular flexibility index (Phi) is 9.56. The molecule has 2 aliphatic rings. The standard InChI is InChI=1S/C36H40NO8/c1-21-22(2)35(40)24(16-29(21)38)10-8-7-9-15-45-33(39)19-27-25-11-12-30(41-3)36(44-6)28(25)20-37-14-13-23-17-31(42-4)32(43-5)18-26(23)34(27)37/h11-12,16-18,20H,7-10,13-15,19H2,1-6H3/q+1. The number of ether oxygens (including phenoxy) is 5. The van der Waals surface area contributed by atoms with E-state index >= 15 is 0 Å². The van der Waals surface area contributed by atoms with Gasteiger partial charge in [0.1, 0.15) is 0 Å². The normalized spacial score (nSPS) is 14.1. The van der Waals surface area contributed by atoms with Gasteiger partial charge in [0.2, 0.25) is 5.69 Å². The number of aromatic nitrogens is 1. The Bertz CT molecular complexity index is 1750. The van der Waals surface area contributed by atoms with E-state index in [1.165, 1.54) is 6.08 Å². The van der Waals surface area contributed by atoms with Crippen molar-refractivity contribution in [2.45, 2.75) is 58.9 Å². The zero-order chi connectivity index (χ0) is 32.2. The minimum absolute atomic E-state index is 0.0540.